The lowest BCUT2D eigenvalue weighted by Crippen LogP contribution is -2.52. The molecule has 0 radical (unpaired) electrons. The van der Waals surface area contributed by atoms with E-state index in [2.05, 4.69) is 94.2 Å². The van der Waals surface area contributed by atoms with E-state index < -0.39 is 0 Å². The maximum Gasteiger partial charge on any atom is 0.119 e. The van der Waals surface area contributed by atoms with Crippen LogP contribution in [0.15, 0.2) is 66.2 Å². The maximum atomic E-state index is 6.31. The van der Waals surface area contributed by atoms with Gasteiger partial charge in [0.25, 0.3) is 0 Å². The van der Waals surface area contributed by atoms with Crippen molar-refractivity contribution in [2.24, 2.45) is 11.7 Å². The molecule has 0 aromatic heterocycles. The first-order chi connectivity index (χ1) is 15.1. The van der Waals surface area contributed by atoms with Gasteiger partial charge in [-0.25, -0.2) is 0 Å². The lowest BCUT2D eigenvalue weighted by molar-refractivity contribution is 0.306. The average molecular weight is 438 g/mol. The second-order valence-electron chi connectivity index (χ2n) is 10.1. The summed E-state index contributed by atoms with van der Waals surface area (Å²) in [6, 6.07) is 18.9. The normalized spacial score (nSPS) is 12.5. The van der Waals surface area contributed by atoms with Crippen LogP contribution in [0.2, 0.25) is 0 Å². The van der Waals surface area contributed by atoms with Crippen LogP contribution in [0, 0.1) is 5.92 Å². The Bertz CT molecular complexity index is 808. The summed E-state index contributed by atoms with van der Waals surface area (Å²) in [5, 5.41) is 3.69. The van der Waals surface area contributed by atoms with E-state index in [0.717, 1.165) is 31.8 Å². The highest BCUT2D eigenvalue weighted by molar-refractivity contribution is 5.50. The lowest BCUT2D eigenvalue weighted by atomic mass is 10.0. The first-order valence-electron chi connectivity index (χ1n) is 11.8. The molecule has 0 amide bonds. The Hall–Kier alpha value is -2.30. The third-order valence-electron chi connectivity index (χ3n) is 5.37. The van der Waals surface area contributed by atoms with Crippen molar-refractivity contribution in [1.82, 2.24) is 5.32 Å². The number of nitrogens with zero attached hydrogens (tertiary/aromatic N) is 1. The average Bonchev–Trinajstić information content (AvgIpc) is 2.74. The monoisotopic (exact) mass is 437 g/mol. The van der Waals surface area contributed by atoms with Gasteiger partial charge in [-0.3, -0.25) is 0 Å². The Morgan fingerprint density at radius 1 is 1.06 bits per heavy atom. The van der Waals surface area contributed by atoms with Crippen LogP contribution in [0.1, 0.15) is 53.5 Å². The molecule has 0 aliphatic carbocycles. The molecular weight excluding hydrogens is 394 g/mol. The standard InChI is InChI=1S/C28H43N3O/c1-22(2)16-17-31(21-28(5,6)30-19-25(29)18-23(3)4)26-12-14-27(15-13-26)32-20-24-10-8-7-9-11-24/h7-16,23,25,30H,17-21,29H2,1-6H3/t25-/m0/s1. The first kappa shape index (κ1) is 26.0. The fourth-order valence-corrected chi connectivity index (χ4v) is 3.68. The largest absolute Gasteiger partial charge is 0.489 e. The van der Waals surface area contributed by atoms with Gasteiger partial charge >= 0.3 is 0 Å². The molecule has 3 N–H and O–H groups in total. The van der Waals surface area contributed by atoms with Gasteiger partial charge in [0, 0.05) is 36.9 Å². The predicted molar refractivity (Wildman–Crippen MR) is 138 cm³/mol. The van der Waals surface area contributed by atoms with Crippen molar-refractivity contribution in [3.8, 4) is 5.75 Å². The second-order valence-corrected chi connectivity index (χ2v) is 10.1. The summed E-state index contributed by atoms with van der Waals surface area (Å²) in [4.78, 5) is 2.41. The summed E-state index contributed by atoms with van der Waals surface area (Å²) in [5.74, 6) is 1.50. The van der Waals surface area contributed by atoms with Gasteiger partial charge in [-0.15, -0.1) is 0 Å². The van der Waals surface area contributed by atoms with E-state index >= 15 is 0 Å². The number of rotatable bonds is 13. The molecule has 2 aromatic rings. The van der Waals surface area contributed by atoms with Crippen molar-refractivity contribution in [1.29, 1.82) is 0 Å². The Labute approximate surface area is 195 Å². The first-order valence-corrected chi connectivity index (χ1v) is 11.8. The topological polar surface area (TPSA) is 50.5 Å². The van der Waals surface area contributed by atoms with Gasteiger partial charge in [-0.05, 0) is 69.9 Å². The highest BCUT2D eigenvalue weighted by Gasteiger charge is 2.22. The zero-order valence-electron chi connectivity index (χ0n) is 20.9. The third-order valence-corrected chi connectivity index (χ3v) is 5.37. The van der Waals surface area contributed by atoms with Crippen molar-refractivity contribution in [3.05, 3.63) is 71.8 Å². The van der Waals surface area contributed by atoms with Gasteiger partial charge in [0.05, 0.1) is 0 Å². The minimum atomic E-state index is -0.0629. The number of benzene rings is 2. The van der Waals surface area contributed by atoms with E-state index in [-0.39, 0.29) is 11.6 Å². The number of nitrogens with two attached hydrogens (primary N) is 1. The number of anilines is 1. The smallest absolute Gasteiger partial charge is 0.119 e. The Morgan fingerprint density at radius 2 is 1.72 bits per heavy atom. The molecule has 0 fully saturated rings. The van der Waals surface area contributed by atoms with E-state index in [9.17, 15) is 0 Å². The van der Waals surface area contributed by atoms with Crippen molar-refractivity contribution >= 4 is 5.69 Å². The van der Waals surface area contributed by atoms with E-state index in [1.54, 1.807) is 0 Å². The minimum Gasteiger partial charge on any atom is -0.489 e. The Balaban J connectivity index is 2.02. The predicted octanol–water partition coefficient (Wildman–Crippen LogP) is 5.78. The summed E-state index contributed by atoms with van der Waals surface area (Å²) in [5.41, 5.74) is 9.93. The molecule has 0 saturated carbocycles. The van der Waals surface area contributed by atoms with E-state index in [1.165, 1.54) is 16.8 Å². The second kappa shape index (κ2) is 12.7. The molecule has 176 valence electrons. The molecule has 1 atom stereocenters. The fraction of sp³-hybridized carbons (Fsp3) is 0.500. The third kappa shape index (κ3) is 9.88. The minimum absolute atomic E-state index is 0.0629. The molecule has 0 spiro atoms. The SMILES string of the molecule is CC(C)=CCN(CC(C)(C)NC[C@@H](N)CC(C)C)c1ccc(OCc2ccccc2)cc1. The van der Waals surface area contributed by atoms with Crippen LogP contribution in [-0.2, 0) is 6.61 Å². The molecule has 0 aliphatic rings. The molecule has 2 aromatic carbocycles. The molecule has 32 heavy (non-hydrogen) atoms. The molecule has 0 saturated heterocycles. The van der Waals surface area contributed by atoms with Crippen LogP contribution in [0.3, 0.4) is 0 Å². The van der Waals surface area contributed by atoms with Crippen LogP contribution < -0.4 is 20.7 Å². The van der Waals surface area contributed by atoms with Gasteiger partial charge in [0.1, 0.15) is 12.4 Å². The lowest BCUT2D eigenvalue weighted by Gasteiger charge is -2.35. The quantitative estimate of drug-likeness (QED) is 0.390. The highest BCUT2D eigenvalue weighted by Crippen LogP contribution is 2.22. The Morgan fingerprint density at radius 3 is 2.31 bits per heavy atom. The van der Waals surface area contributed by atoms with Crippen molar-refractivity contribution < 1.29 is 4.74 Å². The van der Waals surface area contributed by atoms with Crippen LogP contribution >= 0.6 is 0 Å². The summed E-state index contributed by atoms with van der Waals surface area (Å²) in [6.07, 6.45) is 3.31. The van der Waals surface area contributed by atoms with E-state index in [0.29, 0.717) is 12.5 Å². The maximum absolute atomic E-state index is 6.31. The number of ether oxygens (including phenoxy) is 1. The Kier molecular flexibility index (Phi) is 10.3. The molecule has 0 bridgehead atoms. The van der Waals surface area contributed by atoms with Gasteiger partial charge in [0.2, 0.25) is 0 Å². The van der Waals surface area contributed by atoms with Crippen LogP contribution in [0.5, 0.6) is 5.75 Å². The number of hydrogen-bond donors (Lipinski definition) is 2. The van der Waals surface area contributed by atoms with E-state index in [4.69, 9.17) is 10.5 Å². The number of nitrogens with one attached hydrogen (secondary N) is 1. The van der Waals surface area contributed by atoms with Crippen molar-refractivity contribution in [2.45, 2.75) is 66.2 Å². The molecule has 0 aliphatic heterocycles. The molecule has 4 heteroatoms. The number of hydrogen-bond acceptors (Lipinski definition) is 4. The van der Waals surface area contributed by atoms with Crippen molar-refractivity contribution in [2.75, 3.05) is 24.5 Å². The zero-order valence-corrected chi connectivity index (χ0v) is 20.9. The molecule has 4 nitrogen and oxygen atoms in total. The summed E-state index contributed by atoms with van der Waals surface area (Å²) in [6.45, 7) is 16.4. The van der Waals surface area contributed by atoms with E-state index in [1.807, 2.05) is 18.2 Å². The molecule has 2 rings (SSSR count). The van der Waals surface area contributed by atoms with Crippen LogP contribution in [-0.4, -0.2) is 31.2 Å². The number of allylic oxidation sites excluding steroid dienone is 1. The fourth-order valence-electron chi connectivity index (χ4n) is 3.68. The molecule has 0 unspecified atom stereocenters. The molecule has 0 heterocycles. The summed E-state index contributed by atoms with van der Waals surface area (Å²) in [7, 11) is 0. The van der Waals surface area contributed by atoms with Gasteiger partial charge in [-0.2, -0.15) is 0 Å². The van der Waals surface area contributed by atoms with Crippen molar-refractivity contribution in [3.63, 3.8) is 0 Å². The van der Waals surface area contributed by atoms with Gasteiger partial charge in [-0.1, -0.05) is 55.8 Å². The highest BCUT2D eigenvalue weighted by atomic mass is 16.5. The molecular formula is C28H43N3O. The summed E-state index contributed by atoms with van der Waals surface area (Å²) < 4.78 is 5.97. The zero-order chi connectivity index (χ0) is 23.6. The summed E-state index contributed by atoms with van der Waals surface area (Å²) >= 11 is 0. The van der Waals surface area contributed by atoms with Gasteiger partial charge < -0.3 is 20.7 Å². The van der Waals surface area contributed by atoms with Crippen LogP contribution in [0.4, 0.5) is 5.69 Å². The van der Waals surface area contributed by atoms with Crippen LogP contribution in [0.25, 0.3) is 0 Å². The van der Waals surface area contributed by atoms with Gasteiger partial charge in [0.15, 0.2) is 0 Å².